The molecular formula is C27H33Cl2N5O2. The quantitative estimate of drug-likeness (QED) is 0.348. The van der Waals surface area contributed by atoms with E-state index in [-0.39, 0.29) is 29.9 Å². The van der Waals surface area contributed by atoms with Crippen LogP contribution in [0.15, 0.2) is 48.5 Å². The van der Waals surface area contributed by atoms with Gasteiger partial charge in [-0.25, -0.2) is 9.48 Å². The third kappa shape index (κ3) is 6.80. The Bertz CT molecular complexity index is 1250. The topological polar surface area (TPSA) is 79.3 Å². The van der Waals surface area contributed by atoms with Gasteiger partial charge in [0, 0.05) is 23.2 Å². The molecule has 2 N–H and O–H groups in total. The van der Waals surface area contributed by atoms with Crippen LogP contribution >= 0.6 is 23.2 Å². The minimum Gasteiger partial charge on any atom is -0.313 e. The lowest BCUT2D eigenvalue weighted by molar-refractivity contribution is -0.117. The number of anilines is 2. The molecule has 0 fully saturated rings. The van der Waals surface area contributed by atoms with Gasteiger partial charge in [0.25, 0.3) is 0 Å². The molecule has 3 aromatic rings. The average molecular weight is 531 g/mol. The lowest BCUT2D eigenvalue weighted by atomic mass is 9.92. The van der Waals surface area contributed by atoms with Crippen molar-refractivity contribution in [3.05, 3.63) is 69.8 Å². The van der Waals surface area contributed by atoms with Crippen LogP contribution in [0.2, 0.25) is 10.0 Å². The maximum absolute atomic E-state index is 13.1. The maximum atomic E-state index is 13.1. The van der Waals surface area contributed by atoms with Gasteiger partial charge in [0.05, 0.1) is 21.4 Å². The Morgan fingerprint density at radius 3 is 2.36 bits per heavy atom. The molecule has 1 heterocycles. The summed E-state index contributed by atoms with van der Waals surface area (Å²) in [4.78, 5) is 27.6. The van der Waals surface area contributed by atoms with Crippen LogP contribution in [-0.2, 0) is 16.6 Å². The molecule has 7 nitrogen and oxygen atoms in total. The second kappa shape index (κ2) is 11.4. The van der Waals surface area contributed by atoms with Crippen molar-refractivity contribution in [2.45, 2.75) is 59.4 Å². The summed E-state index contributed by atoms with van der Waals surface area (Å²) in [5, 5.41) is 11.3. The monoisotopic (exact) mass is 529 g/mol. The summed E-state index contributed by atoms with van der Waals surface area (Å²) in [7, 11) is 0. The number of nitrogens with one attached hydrogen (secondary N) is 2. The molecule has 9 heteroatoms. The van der Waals surface area contributed by atoms with Gasteiger partial charge in [-0.1, -0.05) is 63.0 Å². The average Bonchev–Trinajstić information content (AvgIpc) is 3.23. The molecular weight excluding hydrogens is 497 g/mol. The van der Waals surface area contributed by atoms with Gasteiger partial charge >= 0.3 is 6.03 Å². The van der Waals surface area contributed by atoms with Crippen molar-refractivity contribution in [2.75, 3.05) is 17.2 Å². The normalized spacial score (nSPS) is 11.5. The number of aryl methyl sites for hydroxylation is 1. The molecule has 0 saturated heterocycles. The summed E-state index contributed by atoms with van der Waals surface area (Å²) in [5.41, 5.74) is 3.00. The predicted molar refractivity (Wildman–Crippen MR) is 148 cm³/mol. The third-order valence-electron chi connectivity index (χ3n) is 5.68. The van der Waals surface area contributed by atoms with Crippen molar-refractivity contribution in [3.63, 3.8) is 0 Å². The highest BCUT2D eigenvalue weighted by Gasteiger charge is 2.24. The first kappa shape index (κ1) is 27.6. The number of benzene rings is 2. The van der Waals surface area contributed by atoms with Crippen LogP contribution < -0.4 is 10.6 Å². The number of carbonyl (C=O) groups excluding carboxylic acids is 2. The zero-order chi connectivity index (χ0) is 26.6. The van der Waals surface area contributed by atoms with Gasteiger partial charge in [-0.15, -0.1) is 0 Å². The number of aromatic nitrogens is 2. The molecule has 3 rings (SSSR count). The highest BCUT2D eigenvalue weighted by Crippen LogP contribution is 2.29. The highest BCUT2D eigenvalue weighted by atomic mass is 35.5. The van der Waals surface area contributed by atoms with Crippen molar-refractivity contribution in [1.82, 2.24) is 14.7 Å². The van der Waals surface area contributed by atoms with Gasteiger partial charge in [-0.2, -0.15) is 5.10 Å². The smallest absolute Gasteiger partial charge is 0.313 e. The summed E-state index contributed by atoms with van der Waals surface area (Å²) >= 11 is 12.3. The first-order chi connectivity index (χ1) is 16.9. The van der Waals surface area contributed by atoms with Crippen LogP contribution in [0, 0.1) is 0 Å². The molecule has 1 aromatic heterocycles. The van der Waals surface area contributed by atoms with E-state index in [4.69, 9.17) is 28.3 Å². The van der Waals surface area contributed by atoms with E-state index in [1.807, 2.05) is 65.0 Å². The molecule has 0 saturated carbocycles. The van der Waals surface area contributed by atoms with Crippen molar-refractivity contribution >= 4 is 46.6 Å². The lowest BCUT2D eigenvalue weighted by Crippen LogP contribution is -2.44. The van der Waals surface area contributed by atoms with Crippen LogP contribution in [0.4, 0.5) is 16.3 Å². The number of amides is 3. The van der Waals surface area contributed by atoms with Gasteiger partial charge in [-0.3, -0.25) is 4.79 Å². The Labute approximate surface area is 222 Å². The van der Waals surface area contributed by atoms with Crippen LogP contribution in [-0.4, -0.2) is 39.2 Å². The summed E-state index contributed by atoms with van der Waals surface area (Å²) in [6.45, 7) is 11.8. The number of urea groups is 1. The molecule has 3 amide bonds. The fourth-order valence-corrected chi connectivity index (χ4v) is 3.83. The Morgan fingerprint density at radius 2 is 1.75 bits per heavy atom. The zero-order valence-corrected chi connectivity index (χ0v) is 23.0. The molecule has 0 aliphatic carbocycles. The van der Waals surface area contributed by atoms with Crippen LogP contribution in [0.25, 0.3) is 5.69 Å². The van der Waals surface area contributed by atoms with Crippen LogP contribution in [0.1, 0.15) is 52.8 Å². The van der Waals surface area contributed by atoms with Gasteiger partial charge in [0.2, 0.25) is 5.91 Å². The predicted octanol–water partition coefficient (Wildman–Crippen LogP) is 6.92. The van der Waals surface area contributed by atoms with E-state index < -0.39 is 0 Å². The minimum absolute atomic E-state index is 0.131. The highest BCUT2D eigenvalue weighted by molar-refractivity contribution is 6.42. The molecule has 0 bridgehead atoms. The maximum Gasteiger partial charge on any atom is 0.322 e. The minimum atomic E-state index is -0.346. The molecule has 0 unspecified atom stereocenters. The largest absolute Gasteiger partial charge is 0.322 e. The number of nitrogens with zero attached hydrogens (tertiary/aromatic N) is 3. The Balaban J connectivity index is 1.82. The van der Waals surface area contributed by atoms with Crippen molar-refractivity contribution < 1.29 is 9.59 Å². The zero-order valence-electron chi connectivity index (χ0n) is 21.5. The van der Waals surface area contributed by atoms with Gasteiger partial charge < -0.3 is 15.5 Å². The number of rotatable bonds is 7. The number of halogens is 2. The molecule has 0 aliphatic heterocycles. The number of carbonyl (C=O) groups is 2. The number of hydrogen-bond donors (Lipinski definition) is 2. The summed E-state index contributed by atoms with van der Waals surface area (Å²) in [6, 6.07) is 14.1. The van der Waals surface area contributed by atoms with E-state index in [9.17, 15) is 9.59 Å². The third-order valence-corrected chi connectivity index (χ3v) is 6.42. The van der Waals surface area contributed by atoms with Crippen molar-refractivity contribution in [3.8, 4) is 5.69 Å². The van der Waals surface area contributed by atoms with Crippen LogP contribution in [0.5, 0.6) is 0 Å². The molecule has 0 radical (unpaired) electrons. The SMILES string of the molecule is CCc1cccc(NC(=O)N(CC(=O)Nc2cc(C(C)(C)C)nn2-c2ccc(Cl)c(Cl)c2)C(C)C)c1. The van der Waals surface area contributed by atoms with Gasteiger partial charge in [0.1, 0.15) is 12.4 Å². The first-order valence-corrected chi connectivity index (χ1v) is 12.7. The van der Waals surface area contributed by atoms with E-state index in [1.54, 1.807) is 22.9 Å². The van der Waals surface area contributed by atoms with E-state index >= 15 is 0 Å². The second-order valence-electron chi connectivity index (χ2n) is 9.93. The first-order valence-electron chi connectivity index (χ1n) is 11.9. The second-order valence-corrected chi connectivity index (χ2v) is 10.7. The summed E-state index contributed by atoms with van der Waals surface area (Å²) in [5.74, 6) is 0.130. The summed E-state index contributed by atoms with van der Waals surface area (Å²) in [6.07, 6.45) is 0.864. The summed E-state index contributed by atoms with van der Waals surface area (Å²) < 4.78 is 1.62. The fourth-order valence-electron chi connectivity index (χ4n) is 3.54. The van der Waals surface area contributed by atoms with Crippen molar-refractivity contribution in [2.24, 2.45) is 0 Å². The molecule has 0 aliphatic rings. The van der Waals surface area contributed by atoms with Crippen molar-refractivity contribution in [1.29, 1.82) is 0 Å². The number of hydrogen-bond acceptors (Lipinski definition) is 3. The molecule has 0 spiro atoms. The van der Waals surface area contributed by atoms with Gasteiger partial charge in [0.15, 0.2) is 0 Å². The lowest BCUT2D eigenvalue weighted by Gasteiger charge is -2.26. The molecule has 36 heavy (non-hydrogen) atoms. The fraction of sp³-hybridized carbons (Fsp3) is 0.370. The van der Waals surface area contributed by atoms with E-state index in [0.717, 1.165) is 17.7 Å². The Hall–Kier alpha value is -3.03. The standard InChI is InChI=1S/C27H33Cl2N5O2/c1-7-18-9-8-10-19(13-18)30-26(36)33(17(2)3)16-25(35)31-24-15-23(27(4,5)6)32-34(24)20-11-12-21(28)22(29)14-20/h8-15,17H,7,16H2,1-6H3,(H,30,36)(H,31,35). The Kier molecular flexibility index (Phi) is 8.69. The van der Waals surface area contributed by atoms with Crippen LogP contribution in [0.3, 0.4) is 0 Å². The van der Waals surface area contributed by atoms with E-state index in [2.05, 4.69) is 17.6 Å². The molecule has 192 valence electrons. The Morgan fingerprint density at radius 1 is 1.03 bits per heavy atom. The van der Waals surface area contributed by atoms with E-state index in [0.29, 0.717) is 27.2 Å². The molecule has 2 aromatic carbocycles. The van der Waals surface area contributed by atoms with Gasteiger partial charge in [-0.05, 0) is 56.2 Å². The van der Waals surface area contributed by atoms with E-state index in [1.165, 1.54) is 4.90 Å². The molecule has 0 atom stereocenters.